The van der Waals surface area contributed by atoms with E-state index in [4.69, 9.17) is 5.11 Å². The molecule has 0 atom stereocenters. The highest BCUT2D eigenvalue weighted by molar-refractivity contribution is 7.09. The van der Waals surface area contributed by atoms with Crippen molar-refractivity contribution in [3.05, 3.63) is 16.1 Å². The molecule has 0 unspecified atom stereocenters. The molecule has 1 aromatic rings. The maximum absolute atomic E-state index is 10.9. The Hall–Kier alpha value is -0.940. The Morgan fingerprint density at radius 2 is 2.26 bits per heavy atom. The van der Waals surface area contributed by atoms with Crippen molar-refractivity contribution < 1.29 is 9.90 Å². The van der Waals surface area contributed by atoms with Crippen molar-refractivity contribution in [2.24, 2.45) is 5.92 Å². The van der Waals surface area contributed by atoms with E-state index in [2.05, 4.69) is 22.2 Å². The van der Waals surface area contributed by atoms with Gasteiger partial charge in [0.1, 0.15) is 0 Å². The largest absolute Gasteiger partial charge is 0.481 e. The first-order valence-electron chi connectivity index (χ1n) is 7.07. The molecule has 1 aromatic heterocycles. The molecule has 1 aliphatic rings. The van der Waals surface area contributed by atoms with Crippen molar-refractivity contribution in [2.45, 2.75) is 45.6 Å². The molecule has 0 aliphatic carbocycles. The number of hydrogen-bond donors (Lipinski definition) is 1. The number of rotatable bonds is 6. The first kappa shape index (κ1) is 14.5. The van der Waals surface area contributed by atoms with Crippen molar-refractivity contribution in [1.82, 2.24) is 9.88 Å². The normalized spacial score (nSPS) is 17.7. The molecule has 1 fully saturated rings. The summed E-state index contributed by atoms with van der Waals surface area (Å²) in [4.78, 5) is 17.9. The van der Waals surface area contributed by atoms with E-state index < -0.39 is 5.97 Å². The highest BCUT2D eigenvalue weighted by Crippen LogP contribution is 2.20. The van der Waals surface area contributed by atoms with Gasteiger partial charge in [-0.25, -0.2) is 4.98 Å². The zero-order chi connectivity index (χ0) is 13.7. The molecule has 2 rings (SSSR count). The smallest absolute Gasteiger partial charge is 0.306 e. The van der Waals surface area contributed by atoms with E-state index in [1.165, 1.54) is 17.8 Å². The Morgan fingerprint density at radius 3 is 2.89 bits per heavy atom. The van der Waals surface area contributed by atoms with Gasteiger partial charge in [0.05, 0.1) is 16.6 Å². The Balaban J connectivity index is 1.79. The monoisotopic (exact) mass is 282 g/mol. The summed E-state index contributed by atoms with van der Waals surface area (Å²) in [6.45, 7) is 4.81. The third kappa shape index (κ3) is 4.28. The number of carboxylic acid groups (broad SMARTS) is 1. The van der Waals surface area contributed by atoms with E-state index in [0.29, 0.717) is 0 Å². The molecule has 1 aliphatic heterocycles. The highest BCUT2D eigenvalue weighted by atomic mass is 32.1. The fraction of sp³-hybridized carbons (Fsp3) is 0.714. The number of aryl methyl sites for hydroxylation is 1. The van der Waals surface area contributed by atoms with E-state index in [-0.39, 0.29) is 5.92 Å². The van der Waals surface area contributed by atoms with Crippen molar-refractivity contribution in [3.8, 4) is 0 Å². The van der Waals surface area contributed by atoms with Gasteiger partial charge in [-0.3, -0.25) is 9.69 Å². The highest BCUT2D eigenvalue weighted by Gasteiger charge is 2.24. The van der Waals surface area contributed by atoms with Crippen LogP contribution in [0.3, 0.4) is 0 Å². The van der Waals surface area contributed by atoms with Gasteiger partial charge in [-0.05, 0) is 38.8 Å². The number of carbonyl (C=O) groups is 1. The van der Waals surface area contributed by atoms with Gasteiger partial charge >= 0.3 is 5.97 Å². The summed E-state index contributed by atoms with van der Waals surface area (Å²) in [5.74, 6) is -0.790. The first-order valence-corrected chi connectivity index (χ1v) is 7.95. The van der Waals surface area contributed by atoms with E-state index in [1.54, 1.807) is 11.3 Å². The molecular weight excluding hydrogens is 260 g/mol. The van der Waals surface area contributed by atoms with Crippen LogP contribution >= 0.6 is 11.3 Å². The van der Waals surface area contributed by atoms with Crippen molar-refractivity contribution in [3.63, 3.8) is 0 Å². The molecule has 0 aromatic carbocycles. The van der Waals surface area contributed by atoms with Gasteiger partial charge in [0, 0.05) is 11.9 Å². The second kappa shape index (κ2) is 7.01. The lowest BCUT2D eigenvalue weighted by atomic mass is 9.97. The quantitative estimate of drug-likeness (QED) is 0.871. The number of thiazole rings is 1. The van der Waals surface area contributed by atoms with Crippen LogP contribution < -0.4 is 0 Å². The zero-order valence-corrected chi connectivity index (χ0v) is 12.3. The van der Waals surface area contributed by atoms with Crippen LogP contribution in [0.1, 0.15) is 43.3 Å². The van der Waals surface area contributed by atoms with Gasteiger partial charge in [-0.1, -0.05) is 13.3 Å². The summed E-state index contributed by atoms with van der Waals surface area (Å²) in [7, 11) is 0. The SMILES string of the molecule is CCCCc1nc(CN2CCC(C(=O)O)CC2)cs1. The Bertz CT molecular complexity index is 411. The molecular formula is C14H22N2O2S. The number of likely N-dealkylation sites (tertiary alicyclic amines) is 1. The van der Waals surface area contributed by atoms with Crippen molar-refractivity contribution in [2.75, 3.05) is 13.1 Å². The van der Waals surface area contributed by atoms with Crippen LogP contribution in [-0.4, -0.2) is 34.0 Å². The lowest BCUT2D eigenvalue weighted by Crippen LogP contribution is -2.35. The minimum atomic E-state index is -0.643. The molecule has 19 heavy (non-hydrogen) atoms. The van der Waals surface area contributed by atoms with E-state index in [1.807, 2.05) is 0 Å². The van der Waals surface area contributed by atoms with Crippen molar-refractivity contribution in [1.29, 1.82) is 0 Å². The number of hydrogen-bond acceptors (Lipinski definition) is 4. The van der Waals surface area contributed by atoms with Crippen molar-refractivity contribution >= 4 is 17.3 Å². The fourth-order valence-corrected chi connectivity index (χ4v) is 3.26. The lowest BCUT2D eigenvalue weighted by molar-refractivity contribution is -0.143. The summed E-state index contributed by atoms with van der Waals surface area (Å²) in [6, 6.07) is 0. The van der Waals surface area contributed by atoms with Crippen LogP contribution in [0, 0.1) is 5.92 Å². The van der Waals surface area contributed by atoms with Crippen LogP contribution in [0.5, 0.6) is 0 Å². The molecule has 0 radical (unpaired) electrons. The van der Waals surface area contributed by atoms with Gasteiger partial charge in [-0.2, -0.15) is 0 Å². The van der Waals surface area contributed by atoms with E-state index in [0.717, 1.165) is 44.6 Å². The number of carboxylic acids is 1. The summed E-state index contributed by atoms with van der Waals surface area (Å²) in [5.41, 5.74) is 1.14. The van der Waals surface area contributed by atoms with E-state index in [9.17, 15) is 4.79 Å². The maximum atomic E-state index is 10.9. The lowest BCUT2D eigenvalue weighted by Gasteiger charge is -2.29. The van der Waals surface area contributed by atoms with Gasteiger partial charge in [-0.15, -0.1) is 11.3 Å². The molecule has 5 heteroatoms. The predicted octanol–water partition coefficient (Wildman–Crippen LogP) is 2.78. The standard InChI is InChI=1S/C14H22N2O2S/c1-2-3-4-13-15-12(10-19-13)9-16-7-5-11(6-8-16)14(17)18/h10-11H,2-9H2,1H3,(H,17,18). The summed E-state index contributed by atoms with van der Waals surface area (Å²) in [5, 5.41) is 12.4. The topological polar surface area (TPSA) is 53.4 Å². The third-order valence-electron chi connectivity index (χ3n) is 3.67. The number of piperidine rings is 1. The average molecular weight is 282 g/mol. The van der Waals surface area contributed by atoms with Crippen LogP contribution in [0.15, 0.2) is 5.38 Å². The van der Waals surface area contributed by atoms with Gasteiger partial charge in [0.15, 0.2) is 0 Å². The molecule has 1 N–H and O–H groups in total. The molecule has 4 nitrogen and oxygen atoms in total. The van der Waals surface area contributed by atoms with Gasteiger partial charge in [0.2, 0.25) is 0 Å². The third-order valence-corrected chi connectivity index (χ3v) is 4.62. The Kier molecular flexibility index (Phi) is 5.34. The molecule has 0 spiro atoms. The average Bonchev–Trinajstić information content (AvgIpc) is 2.84. The summed E-state index contributed by atoms with van der Waals surface area (Å²) < 4.78 is 0. The fourth-order valence-electron chi connectivity index (χ4n) is 2.43. The number of nitrogens with zero attached hydrogens (tertiary/aromatic N) is 2. The van der Waals surface area contributed by atoms with Gasteiger partial charge in [0.25, 0.3) is 0 Å². The number of unbranched alkanes of at least 4 members (excludes halogenated alkanes) is 1. The Labute approximate surface area is 118 Å². The number of aliphatic carboxylic acids is 1. The molecule has 0 saturated carbocycles. The Morgan fingerprint density at radius 1 is 1.53 bits per heavy atom. The zero-order valence-electron chi connectivity index (χ0n) is 11.5. The molecule has 1 saturated heterocycles. The molecule has 2 heterocycles. The second-order valence-electron chi connectivity index (χ2n) is 5.22. The molecule has 106 valence electrons. The number of aromatic nitrogens is 1. The predicted molar refractivity (Wildman–Crippen MR) is 76.4 cm³/mol. The van der Waals surface area contributed by atoms with Crippen LogP contribution in [0.4, 0.5) is 0 Å². The van der Waals surface area contributed by atoms with Crippen LogP contribution in [0.2, 0.25) is 0 Å². The minimum absolute atomic E-state index is 0.146. The van der Waals surface area contributed by atoms with Crippen LogP contribution in [-0.2, 0) is 17.8 Å². The summed E-state index contributed by atoms with van der Waals surface area (Å²) in [6.07, 6.45) is 5.03. The summed E-state index contributed by atoms with van der Waals surface area (Å²) >= 11 is 1.75. The minimum Gasteiger partial charge on any atom is -0.481 e. The second-order valence-corrected chi connectivity index (χ2v) is 6.17. The first-order chi connectivity index (χ1) is 9.19. The molecule has 0 amide bonds. The van der Waals surface area contributed by atoms with E-state index >= 15 is 0 Å². The van der Waals surface area contributed by atoms with Gasteiger partial charge < -0.3 is 5.11 Å². The molecule has 0 bridgehead atoms. The maximum Gasteiger partial charge on any atom is 0.306 e. The van der Waals surface area contributed by atoms with Crippen LogP contribution in [0.25, 0.3) is 0 Å².